The summed E-state index contributed by atoms with van der Waals surface area (Å²) < 4.78 is 24.0. The van der Waals surface area contributed by atoms with Crippen LogP contribution in [0.15, 0.2) is 12.4 Å². The summed E-state index contributed by atoms with van der Waals surface area (Å²) in [5.41, 5.74) is 0. The maximum absolute atomic E-state index is 12.4. The van der Waals surface area contributed by atoms with Gasteiger partial charge in [0.1, 0.15) is 5.82 Å². The van der Waals surface area contributed by atoms with Crippen LogP contribution in [0.4, 0.5) is 0 Å². The lowest BCUT2D eigenvalue weighted by Gasteiger charge is -2.36. The fourth-order valence-electron chi connectivity index (χ4n) is 3.13. The number of primary sulfonamides is 1. The van der Waals surface area contributed by atoms with Crippen molar-refractivity contribution >= 4 is 15.9 Å². The number of imidazole rings is 1. The van der Waals surface area contributed by atoms with E-state index in [9.17, 15) is 13.2 Å². The van der Waals surface area contributed by atoms with Gasteiger partial charge in [0.2, 0.25) is 15.9 Å². The van der Waals surface area contributed by atoms with E-state index in [-0.39, 0.29) is 24.1 Å². The zero-order chi connectivity index (χ0) is 16.9. The first-order valence-corrected chi connectivity index (χ1v) is 9.86. The molecule has 1 fully saturated rings. The summed E-state index contributed by atoms with van der Waals surface area (Å²) in [5, 5.41) is 4.98. The Hall–Kier alpha value is -1.41. The van der Waals surface area contributed by atoms with Crippen molar-refractivity contribution in [1.29, 1.82) is 0 Å². The van der Waals surface area contributed by atoms with Crippen LogP contribution in [0.3, 0.4) is 0 Å². The van der Waals surface area contributed by atoms with Crippen LogP contribution in [0.25, 0.3) is 0 Å². The van der Waals surface area contributed by atoms with Crippen molar-refractivity contribution < 1.29 is 13.2 Å². The van der Waals surface area contributed by atoms with Gasteiger partial charge in [0, 0.05) is 37.9 Å². The van der Waals surface area contributed by atoms with Crippen molar-refractivity contribution in [2.75, 3.05) is 12.3 Å². The lowest BCUT2D eigenvalue weighted by Crippen LogP contribution is -2.44. The topological polar surface area (TPSA) is 98.3 Å². The van der Waals surface area contributed by atoms with E-state index < -0.39 is 10.0 Å². The number of nitrogens with two attached hydrogens (primary N) is 1. The maximum Gasteiger partial charge on any atom is 0.222 e. The summed E-state index contributed by atoms with van der Waals surface area (Å²) in [5.74, 6) is 0.887. The standard InChI is InChI=1S/C15H26N4O3S/c1-13-17-8-11-18(13)10-7-14-5-2-3-9-19(14)15(20)6-4-12-23(16,21)22/h8,11,14H,2-7,9-10,12H2,1H3,(H2,16,21,22)/t14-/m0/s1. The molecule has 0 aliphatic carbocycles. The number of aryl methyl sites for hydroxylation is 2. The Balaban J connectivity index is 1.87. The van der Waals surface area contributed by atoms with Crippen LogP contribution in [0, 0.1) is 6.92 Å². The largest absolute Gasteiger partial charge is 0.340 e. The fourth-order valence-corrected chi connectivity index (χ4v) is 3.67. The molecule has 1 aromatic heterocycles. The van der Waals surface area contributed by atoms with E-state index >= 15 is 0 Å². The second kappa shape index (κ2) is 7.92. The van der Waals surface area contributed by atoms with E-state index in [1.54, 1.807) is 6.20 Å². The molecule has 7 nitrogen and oxygen atoms in total. The Labute approximate surface area is 137 Å². The van der Waals surface area contributed by atoms with Gasteiger partial charge in [0.05, 0.1) is 5.75 Å². The van der Waals surface area contributed by atoms with Crippen LogP contribution < -0.4 is 5.14 Å². The van der Waals surface area contributed by atoms with Crippen LogP contribution in [-0.2, 0) is 21.4 Å². The van der Waals surface area contributed by atoms with E-state index in [0.717, 1.165) is 44.6 Å². The number of hydrogen-bond donors (Lipinski definition) is 1. The van der Waals surface area contributed by atoms with Crippen molar-refractivity contribution in [1.82, 2.24) is 14.5 Å². The molecule has 1 amide bonds. The third-order valence-electron chi connectivity index (χ3n) is 4.39. The molecule has 1 aliphatic rings. The Kier molecular flexibility index (Phi) is 6.17. The average Bonchev–Trinajstić information content (AvgIpc) is 2.89. The molecule has 130 valence electrons. The average molecular weight is 342 g/mol. The number of hydrogen-bond acceptors (Lipinski definition) is 4. The Morgan fingerprint density at radius 3 is 2.87 bits per heavy atom. The molecule has 1 saturated heterocycles. The van der Waals surface area contributed by atoms with E-state index in [1.807, 2.05) is 18.0 Å². The molecule has 8 heteroatoms. The maximum atomic E-state index is 12.4. The molecule has 23 heavy (non-hydrogen) atoms. The minimum absolute atomic E-state index is 0.0423. The number of carbonyl (C=O) groups is 1. The molecule has 0 bridgehead atoms. The summed E-state index contributed by atoms with van der Waals surface area (Å²) in [6.45, 7) is 3.58. The third kappa shape index (κ3) is 5.62. The number of nitrogens with zero attached hydrogens (tertiary/aromatic N) is 3. The Morgan fingerprint density at radius 1 is 1.43 bits per heavy atom. The molecule has 2 N–H and O–H groups in total. The summed E-state index contributed by atoms with van der Waals surface area (Å²) in [4.78, 5) is 18.5. The highest BCUT2D eigenvalue weighted by Crippen LogP contribution is 2.21. The molecule has 0 spiro atoms. The molecule has 0 radical (unpaired) electrons. The summed E-state index contributed by atoms with van der Waals surface area (Å²) >= 11 is 0. The van der Waals surface area contributed by atoms with Gasteiger partial charge in [-0.1, -0.05) is 0 Å². The van der Waals surface area contributed by atoms with Gasteiger partial charge in [0.25, 0.3) is 0 Å². The molecule has 1 atom stereocenters. The van der Waals surface area contributed by atoms with Gasteiger partial charge in [0.15, 0.2) is 0 Å². The number of aromatic nitrogens is 2. The van der Waals surface area contributed by atoms with Crippen LogP contribution in [0.5, 0.6) is 0 Å². The predicted molar refractivity (Wildman–Crippen MR) is 88.1 cm³/mol. The lowest BCUT2D eigenvalue weighted by atomic mass is 9.98. The molecular formula is C15H26N4O3S. The third-order valence-corrected chi connectivity index (χ3v) is 5.25. The second-order valence-corrected chi connectivity index (χ2v) is 7.90. The zero-order valence-corrected chi connectivity index (χ0v) is 14.5. The number of likely N-dealkylation sites (tertiary alicyclic amines) is 1. The molecule has 1 aromatic rings. The van der Waals surface area contributed by atoms with Crippen molar-refractivity contribution in [3.63, 3.8) is 0 Å². The quantitative estimate of drug-likeness (QED) is 0.800. The fraction of sp³-hybridized carbons (Fsp3) is 0.733. The summed E-state index contributed by atoms with van der Waals surface area (Å²) in [6, 6.07) is 0.229. The Morgan fingerprint density at radius 2 is 2.22 bits per heavy atom. The smallest absolute Gasteiger partial charge is 0.222 e. The SMILES string of the molecule is Cc1nccn1CC[C@@H]1CCCCN1C(=O)CCCS(N)(=O)=O. The monoisotopic (exact) mass is 342 g/mol. The number of rotatable bonds is 7. The van der Waals surface area contributed by atoms with Crippen molar-refractivity contribution in [2.45, 2.75) is 58.0 Å². The molecule has 0 saturated carbocycles. The predicted octanol–water partition coefficient (Wildman–Crippen LogP) is 1.03. The molecule has 0 unspecified atom stereocenters. The number of piperidine rings is 1. The number of amides is 1. The minimum Gasteiger partial charge on any atom is -0.340 e. The highest BCUT2D eigenvalue weighted by Gasteiger charge is 2.26. The van der Waals surface area contributed by atoms with Crippen LogP contribution in [0.2, 0.25) is 0 Å². The van der Waals surface area contributed by atoms with E-state index in [4.69, 9.17) is 5.14 Å². The van der Waals surface area contributed by atoms with Crippen molar-refractivity contribution in [2.24, 2.45) is 5.14 Å². The highest BCUT2D eigenvalue weighted by atomic mass is 32.2. The van der Waals surface area contributed by atoms with Crippen LogP contribution >= 0.6 is 0 Å². The van der Waals surface area contributed by atoms with E-state index in [2.05, 4.69) is 9.55 Å². The van der Waals surface area contributed by atoms with Gasteiger partial charge in [-0.05, 0) is 39.0 Å². The van der Waals surface area contributed by atoms with E-state index in [1.165, 1.54) is 0 Å². The first-order valence-electron chi connectivity index (χ1n) is 8.14. The van der Waals surface area contributed by atoms with Crippen molar-refractivity contribution in [3.8, 4) is 0 Å². The second-order valence-electron chi connectivity index (χ2n) is 6.16. The lowest BCUT2D eigenvalue weighted by molar-refractivity contribution is -0.135. The number of carbonyl (C=O) groups excluding carboxylic acids is 1. The molecule has 2 heterocycles. The Bertz CT molecular complexity index is 626. The zero-order valence-electron chi connectivity index (χ0n) is 13.6. The highest BCUT2D eigenvalue weighted by molar-refractivity contribution is 7.89. The normalized spacial score (nSPS) is 19.0. The molecule has 2 rings (SSSR count). The summed E-state index contributed by atoms with van der Waals surface area (Å²) in [6.07, 6.45) is 8.34. The first-order chi connectivity index (χ1) is 10.9. The molecular weight excluding hydrogens is 316 g/mol. The first kappa shape index (κ1) is 17.9. The summed E-state index contributed by atoms with van der Waals surface area (Å²) in [7, 11) is -3.49. The molecule has 1 aliphatic heterocycles. The van der Waals surface area contributed by atoms with Crippen LogP contribution in [-0.4, -0.2) is 47.1 Å². The van der Waals surface area contributed by atoms with Gasteiger partial charge in [-0.3, -0.25) is 4.79 Å². The van der Waals surface area contributed by atoms with Gasteiger partial charge >= 0.3 is 0 Å². The minimum atomic E-state index is -3.49. The van der Waals surface area contributed by atoms with Gasteiger partial charge < -0.3 is 9.47 Å². The molecule has 0 aromatic carbocycles. The van der Waals surface area contributed by atoms with Gasteiger partial charge in [-0.2, -0.15) is 0 Å². The van der Waals surface area contributed by atoms with Crippen LogP contribution in [0.1, 0.15) is 44.3 Å². The van der Waals surface area contributed by atoms with E-state index in [0.29, 0.717) is 6.42 Å². The van der Waals surface area contributed by atoms with Crippen molar-refractivity contribution in [3.05, 3.63) is 18.2 Å². The van der Waals surface area contributed by atoms with Gasteiger partial charge in [-0.15, -0.1) is 0 Å². The number of sulfonamides is 1. The van der Waals surface area contributed by atoms with Gasteiger partial charge in [-0.25, -0.2) is 18.5 Å².